The molecule has 2 aromatic heterocycles. The highest BCUT2D eigenvalue weighted by atomic mass is 32.2. The van der Waals surface area contributed by atoms with Gasteiger partial charge >= 0.3 is 0 Å². The molecule has 2 aromatic carbocycles. The quantitative estimate of drug-likeness (QED) is 0.290. The van der Waals surface area contributed by atoms with Gasteiger partial charge in [0.2, 0.25) is 5.91 Å². The summed E-state index contributed by atoms with van der Waals surface area (Å²) in [6, 6.07) is 21.8. The van der Waals surface area contributed by atoms with Gasteiger partial charge in [0.15, 0.2) is 0 Å². The Hall–Kier alpha value is -3.64. The number of carbonyl (C=O) groups is 1. The second kappa shape index (κ2) is 10.1. The molecule has 0 saturated heterocycles. The van der Waals surface area contributed by atoms with Crippen molar-refractivity contribution in [1.29, 1.82) is 0 Å². The summed E-state index contributed by atoms with van der Waals surface area (Å²) in [4.78, 5) is 17.7. The van der Waals surface area contributed by atoms with Crippen LogP contribution in [0.3, 0.4) is 0 Å². The lowest BCUT2D eigenvalue weighted by Gasteiger charge is -2.05. The van der Waals surface area contributed by atoms with Crippen LogP contribution < -0.4 is 5.32 Å². The van der Waals surface area contributed by atoms with Crippen LogP contribution in [0.15, 0.2) is 90.1 Å². The molecule has 2 heterocycles. The van der Waals surface area contributed by atoms with Gasteiger partial charge in [-0.05, 0) is 68.0 Å². The minimum absolute atomic E-state index is 0.174. The summed E-state index contributed by atoms with van der Waals surface area (Å²) in [5.74, 6) is 0.685. The number of nitrogens with zero attached hydrogens (tertiary/aromatic N) is 3. The van der Waals surface area contributed by atoms with Gasteiger partial charge in [0, 0.05) is 46.1 Å². The van der Waals surface area contributed by atoms with Crippen molar-refractivity contribution in [3.05, 3.63) is 108 Å². The Labute approximate surface area is 192 Å². The number of hydrogen-bond acceptors (Lipinski definition) is 4. The third-order valence-electron chi connectivity index (χ3n) is 5.00. The zero-order chi connectivity index (χ0) is 22.3. The number of amides is 1. The van der Waals surface area contributed by atoms with E-state index in [1.54, 1.807) is 24.0 Å². The topological polar surface area (TPSA) is 59.8 Å². The summed E-state index contributed by atoms with van der Waals surface area (Å²) < 4.78 is 1.90. The highest BCUT2D eigenvalue weighted by Crippen LogP contribution is 2.24. The number of pyridine rings is 1. The van der Waals surface area contributed by atoms with E-state index in [9.17, 15) is 4.79 Å². The number of carbonyl (C=O) groups excluding carboxylic acids is 1. The first-order valence-corrected chi connectivity index (χ1v) is 11.3. The Morgan fingerprint density at radius 3 is 2.53 bits per heavy atom. The zero-order valence-electron chi connectivity index (χ0n) is 18.0. The lowest BCUT2D eigenvalue weighted by atomic mass is 10.2. The second-order valence-electron chi connectivity index (χ2n) is 7.33. The molecule has 4 aromatic rings. The molecule has 1 amide bonds. The third kappa shape index (κ3) is 5.34. The van der Waals surface area contributed by atoms with E-state index in [0.717, 1.165) is 39.0 Å². The maximum absolute atomic E-state index is 12.4. The first kappa shape index (κ1) is 21.6. The van der Waals surface area contributed by atoms with Crippen LogP contribution in [-0.2, 0) is 10.5 Å². The van der Waals surface area contributed by atoms with E-state index in [4.69, 9.17) is 0 Å². The number of benzene rings is 2. The molecule has 0 aliphatic heterocycles. The Kier molecular flexibility index (Phi) is 6.82. The Morgan fingerprint density at radius 1 is 1.03 bits per heavy atom. The minimum Gasteiger partial charge on any atom is -0.323 e. The Balaban J connectivity index is 1.37. The molecule has 0 fully saturated rings. The van der Waals surface area contributed by atoms with Crippen molar-refractivity contribution in [2.45, 2.75) is 24.5 Å². The van der Waals surface area contributed by atoms with Gasteiger partial charge in [0.05, 0.1) is 11.4 Å². The summed E-state index contributed by atoms with van der Waals surface area (Å²) in [5.41, 5.74) is 5.77. The van der Waals surface area contributed by atoms with Crippen LogP contribution in [0.1, 0.15) is 22.5 Å². The highest BCUT2D eigenvalue weighted by Gasteiger charge is 2.10. The van der Waals surface area contributed by atoms with Crippen LogP contribution in [0.25, 0.3) is 11.8 Å². The summed E-state index contributed by atoms with van der Waals surface area (Å²) in [7, 11) is 0. The van der Waals surface area contributed by atoms with Crippen LogP contribution >= 0.6 is 11.8 Å². The molecule has 6 heteroatoms. The van der Waals surface area contributed by atoms with E-state index in [2.05, 4.69) is 21.5 Å². The van der Waals surface area contributed by atoms with Crippen molar-refractivity contribution in [1.82, 2.24) is 14.8 Å². The Morgan fingerprint density at radius 2 is 1.81 bits per heavy atom. The fourth-order valence-corrected chi connectivity index (χ4v) is 4.18. The smallest absolute Gasteiger partial charge is 0.248 e. The molecule has 0 spiro atoms. The average Bonchev–Trinajstić information content (AvgIpc) is 3.11. The largest absolute Gasteiger partial charge is 0.323 e. The summed E-state index contributed by atoms with van der Waals surface area (Å²) in [6.45, 7) is 3.96. The van der Waals surface area contributed by atoms with Gasteiger partial charge in [-0.1, -0.05) is 24.3 Å². The summed E-state index contributed by atoms with van der Waals surface area (Å²) >= 11 is 1.74. The molecule has 0 aliphatic carbocycles. The third-order valence-corrected chi connectivity index (χ3v) is 6.08. The minimum atomic E-state index is -0.174. The molecule has 4 rings (SSSR count). The van der Waals surface area contributed by atoms with Gasteiger partial charge in [-0.15, -0.1) is 11.8 Å². The van der Waals surface area contributed by atoms with Crippen molar-refractivity contribution in [2.24, 2.45) is 0 Å². The van der Waals surface area contributed by atoms with Gasteiger partial charge in [0.1, 0.15) is 0 Å². The van der Waals surface area contributed by atoms with Gasteiger partial charge < -0.3 is 5.32 Å². The molecule has 0 unspecified atom stereocenters. The normalized spacial score (nSPS) is 11.1. The number of para-hydroxylation sites is 1. The standard InChI is InChI=1S/C26H24N4OS/c1-19-25(20(2)30(29-19)23-8-4-3-5-9-23)14-15-26(31)28-22-10-12-24(13-11-22)32-18-21-7-6-16-27-17-21/h3-17H,18H2,1-2H3,(H,28,31)/b15-14+. The average molecular weight is 441 g/mol. The van der Waals surface area contributed by atoms with Crippen LogP contribution in [0.4, 0.5) is 5.69 Å². The van der Waals surface area contributed by atoms with Crippen molar-refractivity contribution < 1.29 is 4.79 Å². The molecular weight excluding hydrogens is 416 g/mol. The van der Waals surface area contributed by atoms with Crippen LogP contribution in [-0.4, -0.2) is 20.7 Å². The van der Waals surface area contributed by atoms with E-state index in [-0.39, 0.29) is 5.91 Å². The summed E-state index contributed by atoms with van der Waals surface area (Å²) in [5, 5.41) is 7.54. The first-order valence-electron chi connectivity index (χ1n) is 10.3. The fourth-order valence-electron chi connectivity index (χ4n) is 3.34. The highest BCUT2D eigenvalue weighted by molar-refractivity contribution is 7.98. The molecular formula is C26H24N4OS. The van der Waals surface area contributed by atoms with Gasteiger partial charge in [-0.3, -0.25) is 9.78 Å². The molecule has 160 valence electrons. The van der Waals surface area contributed by atoms with E-state index >= 15 is 0 Å². The molecule has 0 radical (unpaired) electrons. The molecule has 0 aliphatic rings. The predicted octanol–water partition coefficient (Wildman–Crippen LogP) is 5.83. The molecule has 5 nitrogen and oxygen atoms in total. The lowest BCUT2D eigenvalue weighted by Crippen LogP contribution is -2.07. The van der Waals surface area contributed by atoms with Crippen molar-refractivity contribution in [3.8, 4) is 5.69 Å². The monoisotopic (exact) mass is 440 g/mol. The number of hydrogen-bond donors (Lipinski definition) is 1. The van der Waals surface area contributed by atoms with E-state index in [0.29, 0.717) is 0 Å². The Bertz CT molecular complexity index is 1220. The SMILES string of the molecule is Cc1nn(-c2ccccc2)c(C)c1/C=C/C(=O)Nc1ccc(SCc2cccnc2)cc1. The number of anilines is 1. The maximum atomic E-state index is 12.4. The molecule has 32 heavy (non-hydrogen) atoms. The number of aromatic nitrogens is 3. The number of aryl methyl sites for hydroxylation is 1. The second-order valence-corrected chi connectivity index (χ2v) is 8.38. The predicted molar refractivity (Wildman–Crippen MR) is 131 cm³/mol. The lowest BCUT2D eigenvalue weighted by molar-refractivity contribution is -0.111. The van der Waals surface area contributed by atoms with E-state index < -0.39 is 0 Å². The van der Waals surface area contributed by atoms with Gasteiger partial charge in [-0.2, -0.15) is 5.10 Å². The molecule has 1 N–H and O–H groups in total. The van der Waals surface area contributed by atoms with Gasteiger partial charge in [-0.25, -0.2) is 4.68 Å². The molecule has 0 bridgehead atoms. The van der Waals surface area contributed by atoms with Crippen molar-refractivity contribution in [3.63, 3.8) is 0 Å². The summed E-state index contributed by atoms with van der Waals surface area (Å²) in [6.07, 6.45) is 7.03. The molecule has 0 atom stereocenters. The van der Waals surface area contributed by atoms with E-state index in [1.807, 2.05) is 91.5 Å². The molecule has 0 saturated carbocycles. The number of thioether (sulfide) groups is 1. The van der Waals surface area contributed by atoms with Crippen molar-refractivity contribution >= 4 is 29.4 Å². The van der Waals surface area contributed by atoms with Crippen molar-refractivity contribution in [2.75, 3.05) is 5.32 Å². The van der Waals surface area contributed by atoms with E-state index in [1.165, 1.54) is 5.56 Å². The first-order chi connectivity index (χ1) is 15.6. The van der Waals surface area contributed by atoms with Crippen LogP contribution in [0.2, 0.25) is 0 Å². The number of nitrogens with one attached hydrogen (secondary N) is 1. The zero-order valence-corrected chi connectivity index (χ0v) is 18.8. The maximum Gasteiger partial charge on any atom is 0.248 e. The van der Waals surface area contributed by atoms with Gasteiger partial charge in [0.25, 0.3) is 0 Å². The fraction of sp³-hybridized carbons (Fsp3) is 0.115. The van der Waals surface area contributed by atoms with Crippen LogP contribution in [0, 0.1) is 13.8 Å². The van der Waals surface area contributed by atoms with Crippen LogP contribution in [0.5, 0.6) is 0 Å². The number of rotatable bonds is 7.